The number of esters is 1. The second kappa shape index (κ2) is 11.2. The number of nitrogens with zero attached hydrogens (tertiary/aromatic N) is 4. The Morgan fingerprint density at radius 1 is 1.09 bits per heavy atom. The van der Waals surface area contributed by atoms with E-state index in [4.69, 9.17) is 13.9 Å². The number of para-hydroxylation sites is 1. The first-order valence-electron chi connectivity index (χ1n) is 11.9. The van der Waals surface area contributed by atoms with Crippen LogP contribution in [0.3, 0.4) is 0 Å². The number of carbonyl (C=O) groups is 2. The van der Waals surface area contributed by atoms with Crippen LogP contribution in [0.2, 0.25) is 0 Å². The number of carbonyl (C=O) groups excluding carboxylic acids is 2. The van der Waals surface area contributed by atoms with Crippen LogP contribution in [0.5, 0.6) is 5.88 Å². The Morgan fingerprint density at radius 3 is 2.54 bits per heavy atom. The van der Waals surface area contributed by atoms with Crippen molar-refractivity contribution in [1.29, 1.82) is 0 Å². The standard InChI is InChI=1S/C26H32N4O5/c1-4-33-26(32)22-23(29-13-15-30(16-14-29)25(31)21-11-7-17-34-21)19-9-5-6-10-20(19)27-24(22)35-18-8-12-28(2)3/h5-7,9-11,17H,4,8,12-16,18H2,1-3H3. The predicted octanol–water partition coefficient (Wildman–Crippen LogP) is 3.30. The summed E-state index contributed by atoms with van der Waals surface area (Å²) in [5, 5.41) is 0.849. The van der Waals surface area contributed by atoms with E-state index in [9.17, 15) is 9.59 Å². The van der Waals surface area contributed by atoms with E-state index in [2.05, 4.69) is 14.8 Å². The number of pyridine rings is 1. The molecule has 0 atom stereocenters. The van der Waals surface area contributed by atoms with Crippen LogP contribution >= 0.6 is 0 Å². The fourth-order valence-corrected chi connectivity index (χ4v) is 4.23. The van der Waals surface area contributed by atoms with Crippen LogP contribution in [0.25, 0.3) is 10.9 Å². The topological polar surface area (TPSA) is 88.4 Å². The summed E-state index contributed by atoms with van der Waals surface area (Å²) < 4.78 is 16.8. The molecule has 0 unspecified atom stereocenters. The van der Waals surface area contributed by atoms with Crippen molar-refractivity contribution in [2.24, 2.45) is 0 Å². The second-order valence-corrected chi connectivity index (χ2v) is 8.64. The molecule has 1 fully saturated rings. The average Bonchev–Trinajstić information content (AvgIpc) is 3.40. The number of ether oxygens (including phenoxy) is 2. The van der Waals surface area contributed by atoms with Crippen molar-refractivity contribution in [3.8, 4) is 5.88 Å². The van der Waals surface area contributed by atoms with Crippen LogP contribution in [0.15, 0.2) is 47.1 Å². The van der Waals surface area contributed by atoms with Gasteiger partial charge in [-0.2, -0.15) is 0 Å². The Balaban J connectivity index is 1.66. The molecular weight excluding hydrogens is 448 g/mol. The lowest BCUT2D eigenvalue weighted by molar-refractivity contribution is 0.0520. The first kappa shape index (κ1) is 24.5. The molecule has 3 aromatic rings. The smallest absolute Gasteiger partial charge is 0.345 e. The van der Waals surface area contributed by atoms with E-state index in [1.54, 1.807) is 24.0 Å². The number of anilines is 1. The van der Waals surface area contributed by atoms with Crippen LogP contribution < -0.4 is 9.64 Å². The Labute approximate surface area is 205 Å². The summed E-state index contributed by atoms with van der Waals surface area (Å²) in [5.41, 5.74) is 1.82. The maximum absolute atomic E-state index is 13.2. The fourth-order valence-electron chi connectivity index (χ4n) is 4.23. The van der Waals surface area contributed by atoms with E-state index in [-0.39, 0.29) is 18.4 Å². The highest BCUT2D eigenvalue weighted by molar-refractivity contribution is 6.07. The third kappa shape index (κ3) is 5.57. The summed E-state index contributed by atoms with van der Waals surface area (Å²) >= 11 is 0. The zero-order valence-electron chi connectivity index (χ0n) is 20.5. The summed E-state index contributed by atoms with van der Waals surface area (Å²) in [6.07, 6.45) is 2.30. The SMILES string of the molecule is CCOC(=O)c1c(OCCCN(C)C)nc2ccccc2c1N1CCN(C(=O)c2ccco2)CC1. The molecule has 1 saturated heterocycles. The molecule has 3 heterocycles. The zero-order valence-corrected chi connectivity index (χ0v) is 20.5. The molecule has 186 valence electrons. The van der Waals surface area contributed by atoms with Crippen molar-refractivity contribution in [1.82, 2.24) is 14.8 Å². The van der Waals surface area contributed by atoms with Crippen molar-refractivity contribution in [2.45, 2.75) is 13.3 Å². The van der Waals surface area contributed by atoms with Crippen LogP contribution in [0.4, 0.5) is 5.69 Å². The van der Waals surface area contributed by atoms with E-state index in [0.29, 0.717) is 44.1 Å². The summed E-state index contributed by atoms with van der Waals surface area (Å²) in [5.74, 6) is 0.0145. The third-order valence-corrected chi connectivity index (χ3v) is 5.91. The summed E-state index contributed by atoms with van der Waals surface area (Å²) in [6.45, 7) is 5.41. The lowest BCUT2D eigenvalue weighted by Crippen LogP contribution is -2.49. The van der Waals surface area contributed by atoms with Gasteiger partial charge in [-0.1, -0.05) is 18.2 Å². The molecule has 0 aliphatic carbocycles. The quantitative estimate of drug-likeness (QED) is 0.341. The van der Waals surface area contributed by atoms with Crippen molar-refractivity contribution in [2.75, 3.05) is 64.9 Å². The summed E-state index contributed by atoms with van der Waals surface area (Å²) in [4.78, 5) is 36.6. The van der Waals surface area contributed by atoms with Gasteiger partial charge in [0.15, 0.2) is 5.76 Å². The van der Waals surface area contributed by atoms with Gasteiger partial charge in [0.2, 0.25) is 5.88 Å². The second-order valence-electron chi connectivity index (χ2n) is 8.64. The predicted molar refractivity (Wildman–Crippen MR) is 133 cm³/mol. The maximum Gasteiger partial charge on any atom is 0.345 e. The van der Waals surface area contributed by atoms with Crippen LogP contribution in [-0.2, 0) is 4.74 Å². The minimum absolute atomic E-state index is 0.134. The number of benzene rings is 1. The number of amides is 1. The summed E-state index contributed by atoms with van der Waals surface area (Å²) in [6, 6.07) is 11.1. The molecule has 1 amide bonds. The largest absolute Gasteiger partial charge is 0.477 e. The molecule has 35 heavy (non-hydrogen) atoms. The van der Waals surface area contributed by atoms with Gasteiger partial charge in [0.1, 0.15) is 5.56 Å². The summed E-state index contributed by atoms with van der Waals surface area (Å²) in [7, 11) is 4.01. The zero-order chi connectivity index (χ0) is 24.8. The van der Waals surface area contributed by atoms with Crippen molar-refractivity contribution in [3.05, 3.63) is 54.0 Å². The maximum atomic E-state index is 13.2. The molecule has 0 spiro atoms. The van der Waals surface area contributed by atoms with Gasteiger partial charge in [0.25, 0.3) is 5.91 Å². The molecule has 0 bridgehead atoms. The molecular formula is C26H32N4O5. The minimum Gasteiger partial charge on any atom is -0.477 e. The molecule has 0 saturated carbocycles. The molecule has 9 heteroatoms. The molecule has 9 nitrogen and oxygen atoms in total. The molecule has 1 aromatic carbocycles. The van der Waals surface area contributed by atoms with E-state index >= 15 is 0 Å². The number of piperazine rings is 1. The average molecular weight is 481 g/mol. The highest BCUT2D eigenvalue weighted by atomic mass is 16.5. The Bertz CT molecular complexity index is 1150. The van der Waals surface area contributed by atoms with Crippen LogP contribution in [0, 0.1) is 0 Å². The Kier molecular flexibility index (Phi) is 7.87. The minimum atomic E-state index is -0.461. The van der Waals surface area contributed by atoms with Gasteiger partial charge >= 0.3 is 5.97 Å². The van der Waals surface area contributed by atoms with Gasteiger partial charge < -0.3 is 28.6 Å². The first-order chi connectivity index (χ1) is 17.0. The number of fused-ring (bicyclic) bond motifs is 1. The molecule has 0 radical (unpaired) electrons. The molecule has 0 N–H and O–H groups in total. The number of hydrogen-bond donors (Lipinski definition) is 0. The van der Waals surface area contributed by atoms with Gasteiger partial charge in [-0.15, -0.1) is 0 Å². The van der Waals surface area contributed by atoms with Gasteiger partial charge in [-0.05, 0) is 45.6 Å². The fraction of sp³-hybridized carbons (Fsp3) is 0.423. The lowest BCUT2D eigenvalue weighted by Gasteiger charge is -2.37. The number of hydrogen-bond acceptors (Lipinski definition) is 8. The highest BCUT2D eigenvalue weighted by Crippen LogP contribution is 2.37. The Hall–Kier alpha value is -3.59. The van der Waals surface area contributed by atoms with Crippen LogP contribution in [0.1, 0.15) is 34.3 Å². The molecule has 4 rings (SSSR count). The molecule has 1 aliphatic rings. The number of rotatable bonds is 9. The normalized spacial score (nSPS) is 13.9. The monoisotopic (exact) mass is 480 g/mol. The highest BCUT2D eigenvalue weighted by Gasteiger charge is 2.31. The number of furan rings is 1. The van der Waals surface area contributed by atoms with Gasteiger partial charge in [-0.3, -0.25) is 4.79 Å². The third-order valence-electron chi connectivity index (χ3n) is 5.91. The molecule has 2 aromatic heterocycles. The van der Waals surface area contributed by atoms with Crippen molar-refractivity contribution < 1.29 is 23.5 Å². The molecule has 1 aliphatic heterocycles. The van der Waals surface area contributed by atoms with Gasteiger partial charge in [0.05, 0.1) is 30.7 Å². The van der Waals surface area contributed by atoms with Gasteiger partial charge in [-0.25, -0.2) is 9.78 Å². The van der Waals surface area contributed by atoms with E-state index in [0.717, 1.165) is 29.6 Å². The lowest BCUT2D eigenvalue weighted by atomic mass is 10.1. The Morgan fingerprint density at radius 2 is 1.86 bits per heavy atom. The number of aromatic nitrogens is 1. The van der Waals surface area contributed by atoms with E-state index in [1.165, 1.54) is 6.26 Å². The van der Waals surface area contributed by atoms with E-state index in [1.807, 2.05) is 38.4 Å². The first-order valence-corrected chi connectivity index (χ1v) is 11.9. The van der Waals surface area contributed by atoms with Crippen molar-refractivity contribution >= 4 is 28.5 Å². The van der Waals surface area contributed by atoms with Crippen LogP contribution in [-0.4, -0.2) is 86.7 Å². The van der Waals surface area contributed by atoms with Crippen molar-refractivity contribution in [3.63, 3.8) is 0 Å². The van der Waals surface area contributed by atoms with Gasteiger partial charge in [0, 0.05) is 38.1 Å². The van der Waals surface area contributed by atoms with E-state index < -0.39 is 5.97 Å².